The van der Waals surface area contributed by atoms with Gasteiger partial charge < -0.3 is 4.74 Å². The largest absolute Gasteiger partial charge is 0.469 e. The first-order valence-corrected chi connectivity index (χ1v) is 11.3. The number of sulfone groups is 1. The number of ether oxygens (including phenoxy) is 1. The Morgan fingerprint density at radius 2 is 1.86 bits per heavy atom. The van der Waals surface area contributed by atoms with E-state index in [4.69, 9.17) is 4.74 Å². The van der Waals surface area contributed by atoms with Gasteiger partial charge in [-0.05, 0) is 63.5 Å². The summed E-state index contributed by atoms with van der Waals surface area (Å²) in [5, 5.41) is -0.633. The Morgan fingerprint density at radius 3 is 2.39 bits per heavy atom. The molecule has 1 aliphatic rings. The predicted octanol–water partition coefficient (Wildman–Crippen LogP) is 4.89. The third kappa shape index (κ3) is 4.93. The van der Waals surface area contributed by atoms with Crippen LogP contribution in [0.5, 0.6) is 0 Å². The molecule has 5 heteroatoms. The summed E-state index contributed by atoms with van der Waals surface area (Å²) in [6, 6.07) is 7.00. The SMILES string of the molecule is C=C(C)CC([C@@H]1C(=C)C[C@H](C(=O)OC)CC[C@H]1C)S(=O)(=O)c1ccc(C)cc1. The van der Waals surface area contributed by atoms with Crippen molar-refractivity contribution in [1.82, 2.24) is 0 Å². The van der Waals surface area contributed by atoms with E-state index in [1.165, 1.54) is 7.11 Å². The van der Waals surface area contributed by atoms with E-state index in [0.29, 0.717) is 24.2 Å². The zero-order valence-electron chi connectivity index (χ0n) is 17.4. The molecule has 1 fully saturated rings. The van der Waals surface area contributed by atoms with Crippen LogP contribution in [0.1, 0.15) is 45.1 Å². The quantitative estimate of drug-likeness (QED) is 0.385. The molecule has 1 aliphatic carbocycles. The maximum Gasteiger partial charge on any atom is 0.308 e. The number of hydrogen-bond acceptors (Lipinski definition) is 4. The van der Waals surface area contributed by atoms with E-state index in [9.17, 15) is 13.2 Å². The highest BCUT2D eigenvalue weighted by Gasteiger charge is 2.41. The number of methoxy groups -OCH3 is 1. The van der Waals surface area contributed by atoms with Crippen molar-refractivity contribution in [3.05, 3.63) is 54.1 Å². The van der Waals surface area contributed by atoms with Crippen LogP contribution in [0, 0.1) is 24.7 Å². The molecule has 1 aromatic rings. The van der Waals surface area contributed by atoms with Gasteiger partial charge in [0.05, 0.1) is 23.2 Å². The van der Waals surface area contributed by atoms with E-state index in [1.54, 1.807) is 12.1 Å². The molecule has 0 aromatic heterocycles. The van der Waals surface area contributed by atoms with Gasteiger partial charge in [0.2, 0.25) is 0 Å². The Kier molecular flexibility index (Phi) is 7.27. The normalized spacial score (nSPS) is 24.3. The summed E-state index contributed by atoms with van der Waals surface area (Å²) in [5.41, 5.74) is 2.67. The lowest BCUT2D eigenvalue weighted by atomic mass is 9.82. The molecule has 1 saturated carbocycles. The zero-order chi connectivity index (χ0) is 21.1. The first-order chi connectivity index (χ1) is 13.1. The van der Waals surface area contributed by atoms with Gasteiger partial charge in [0.1, 0.15) is 0 Å². The number of carbonyl (C=O) groups is 1. The molecule has 0 radical (unpaired) electrons. The first kappa shape index (κ1) is 22.4. The van der Waals surface area contributed by atoms with Gasteiger partial charge in [-0.25, -0.2) is 8.42 Å². The number of benzene rings is 1. The maximum absolute atomic E-state index is 13.6. The standard InChI is InChI=1S/C23H32O4S/c1-15(2)13-21(28(25,26)20-11-7-16(3)8-12-20)22-17(4)9-10-19(14-18(22)5)23(24)27-6/h7-8,11-12,17,19,21-22H,1,5,9-10,13-14H2,2-4,6H3/t17-,19-,21?,22+/m1/s1. The molecule has 154 valence electrons. The number of allylic oxidation sites excluding steroid dienone is 2. The van der Waals surface area contributed by atoms with Crippen LogP contribution in [-0.4, -0.2) is 26.7 Å². The van der Waals surface area contributed by atoms with Crippen molar-refractivity contribution in [3.63, 3.8) is 0 Å². The summed E-state index contributed by atoms with van der Waals surface area (Å²) in [7, 11) is -2.18. The molecule has 0 bridgehead atoms. The maximum atomic E-state index is 13.6. The van der Waals surface area contributed by atoms with Gasteiger partial charge in [-0.2, -0.15) is 0 Å². The molecule has 0 aliphatic heterocycles. The molecular weight excluding hydrogens is 372 g/mol. The number of hydrogen-bond donors (Lipinski definition) is 0. The highest BCUT2D eigenvalue weighted by Crippen LogP contribution is 2.42. The van der Waals surface area contributed by atoms with Crippen LogP contribution < -0.4 is 0 Å². The lowest BCUT2D eigenvalue weighted by Gasteiger charge is -2.32. The van der Waals surface area contributed by atoms with Gasteiger partial charge in [0.25, 0.3) is 0 Å². The minimum atomic E-state index is -3.58. The highest BCUT2D eigenvalue weighted by molar-refractivity contribution is 7.92. The van der Waals surface area contributed by atoms with Crippen molar-refractivity contribution < 1.29 is 17.9 Å². The van der Waals surface area contributed by atoms with Gasteiger partial charge in [-0.15, -0.1) is 6.58 Å². The lowest BCUT2D eigenvalue weighted by Crippen LogP contribution is -2.35. The van der Waals surface area contributed by atoms with Crippen LogP contribution in [0.2, 0.25) is 0 Å². The second-order valence-electron chi connectivity index (χ2n) is 8.22. The fourth-order valence-electron chi connectivity index (χ4n) is 4.27. The second-order valence-corrected chi connectivity index (χ2v) is 10.4. The number of esters is 1. The Balaban J connectivity index is 2.46. The Morgan fingerprint density at radius 1 is 1.25 bits per heavy atom. The van der Waals surface area contributed by atoms with Gasteiger partial charge in [-0.3, -0.25) is 4.79 Å². The fraction of sp³-hybridized carbons (Fsp3) is 0.522. The van der Waals surface area contributed by atoms with Gasteiger partial charge >= 0.3 is 5.97 Å². The summed E-state index contributed by atoms with van der Waals surface area (Å²) in [4.78, 5) is 12.4. The van der Waals surface area contributed by atoms with Gasteiger partial charge in [0, 0.05) is 0 Å². The summed E-state index contributed by atoms with van der Waals surface area (Å²) in [6.07, 6.45) is 2.30. The fourth-order valence-corrected chi connectivity index (χ4v) is 6.49. The Bertz CT molecular complexity index is 836. The van der Waals surface area contributed by atoms with Crippen molar-refractivity contribution in [3.8, 4) is 0 Å². The van der Waals surface area contributed by atoms with Crippen LogP contribution >= 0.6 is 0 Å². The van der Waals surface area contributed by atoms with Crippen LogP contribution in [-0.2, 0) is 19.4 Å². The average molecular weight is 405 g/mol. The number of rotatable bonds is 6. The Labute approximate surface area is 169 Å². The van der Waals surface area contributed by atoms with E-state index in [0.717, 1.165) is 23.1 Å². The topological polar surface area (TPSA) is 60.4 Å². The van der Waals surface area contributed by atoms with E-state index in [2.05, 4.69) is 20.1 Å². The first-order valence-electron chi connectivity index (χ1n) is 9.78. The monoisotopic (exact) mass is 404 g/mol. The van der Waals surface area contributed by atoms with E-state index < -0.39 is 15.1 Å². The summed E-state index contributed by atoms with van der Waals surface area (Å²) in [6.45, 7) is 14.0. The molecule has 0 N–H and O–H groups in total. The molecule has 0 heterocycles. The molecule has 28 heavy (non-hydrogen) atoms. The molecule has 0 amide bonds. The molecule has 1 aromatic carbocycles. The van der Waals surface area contributed by atoms with E-state index in [1.807, 2.05) is 26.0 Å². The van der Waals surface area contributed by atoms with Crippen molar-refractivity contribution in [2.24, 2.45) is 17.8 Å². The molecule has 4 atom stereocenters. The zero-order valence-corrected chi connectivity index (χ0v) is 18.2. The molecule has 2 rings (SSSR count). The minimum Gasteiger partial charge on any atom is -0.469 e. The lowest BCUT2D eigenvalue weighted by molar-refractivity contribution is -0.145. The van der Waals surface area contributed by atoms with Crippen molar-refractivity contribution in [1.29, 1.82) is 0 Å². The predicted molar refractivity (Wildman–Crippen MR) is 113 cm³/mol. The Hall–Kier alpha value is -1.88. The highest BCUT2D eigenvalue weighted by atomic mass is 32.2. The molecule has 0 saturated heterocycles. The van der Waals surface area contributed by atoms with Crippen molar-refractivity contribution in [2.45, 2.75) is 56.6 Å². The molecule has 4 nitrogen and oxygen atoms in total. The third-order valence-electron chi connectivity index (χ3n) is 5.80. The van der Waals surface area contributed by atoms with Crippen molar-refractivity contribution >= 4 is 15.8 Å². The van der Waals surface area contributed by atoms with Crippen LogP contribution in [0.4, 0.5) is 0 Å². The summed E-state index contributed by atoms with van der Waals surface area (Å²) < 4.78 is 32.1. The molecular formula is C23H32O4S. The van der Waals surface area contributed by atoms with Crippen molar-refractivity contribution in [2.75, 3.05) is 7.11 Å². The summed E-state index contributed by atoms with van der Waals surface area (Å²) in [5.74, 6) is -0.617. The smallest absolute Gasteiger partial charge is 0.308 e. The summed E-state index contributed by atoms with van der Waals surface area (Å²) >= 11 is 0. The minimum absolute atomic E-state index is 0.103. The average Bonchev–Trinajstić information content (AvgIpc) is 2.77. The molecule has 1 unspecified atom stereocenters. The number of aryl methyl sites for hydroxylation is 1. The van der Waals surface area contributed by atoms with E-state index >= 15 is 0 Å². The van der Waals surface area contributed by atoms with Crippen LogP contribution in [0.15, 0.2) is 53.5 Å². The molecule has 0 spiro atoms. The second kappa shape index (κ2) is 9.08. The number of carbonyl (C=O) groups excluding carboxylic acids is 1. The third-order valence-corrected chi connectivity index (χ3v) is 7.98. The van der Waals surface area contributed by atoms with Gasteiger partial charge in [0.15, 0.2) is 9.84 Å². The van der Waals surface area contributed by atoms with Gasteiger partial charge in [-0.1, -0.05) is 42.3 Å². The van der Waals surface area contributed by atoms with E-state index in [-0.39, 0.29) is 23.7 Å². The van der Waals surface area contributed by atoms with Crippen LogP contribution in [0.3, 0.4) is 0 Å². The van der Waals surface area contributed by atoms with Crippen LogP contribution in [0.25, 0.3) is 0 Å².